The molecule has 5 heteroatoms. The highest BCUT2D eigenvalue weighted by molar-refractivity contribution is 7.73. The van der Waals surface area contributed by atoms with Gasteiger partial charge in [0.2, 0.25) is 5.88 Å². The van der Waals surface area contributed by atoms with Crippen LogP contribution in [0.25, 0.3) is 0 Å². The van der Waals surface area contributed by atoms with E-state index in [1.165, 1.54) is 11.3 Å². The van der Waals surface area contributed by atoms with Crippen LogP contribution in [-0.4, -0.2) is 9.67 Å². The van der Waals surface area contributed by atoms with Crippen molar-refractivity contribution in [3.63, 3.8) is 0 Å². The van der Waals surface area contributed by atoms with E-state index in [0.717, 1.165) is 5.76 Å². The quantitative estimate of drug-likeness (QED) is 0.779. The third kappa shape index (κ3) is 1.66. The zero-order valence-corrected chi connectivity index (χ0v) is 8.27. The first-order valence-corrected chi connectivity index (χ1v) is 4.96. The zero-order valence-electron chi connectivity index (χ0n) is 6.64. The van der Waals surface area contributed by atoms with Crippen LogP contribution in [0, 0.1) is 3.95 Å². The van der Waals surface area contributed by atoms with Crippen molar-refractivity contribution in [2.45, 2.75) is 6.54 Å². The molecule has 0 spiro atoms. The summed E-state index contributed by atoms with van der Waals surface area (Å²) in [6.45, 7) is 0.487. The Morgan fingerprint density at radius 2 is 2.46 bits per heavy atom. The van der Waals surface area contributed by atoms with Gasteiger partial charge in [-0.3, -0.25) is 4.57 Å². The Labute approximate surface area is 83.9 Å². The van der Waals surface area contributed by atoms with Gasteiger partial charge in [-0.15, -0.1) is 11.3 Å². The number of furan rings is 1. The van der Waals surface area contributed by atoms with E-state index in [4.69, 9.17) is 16.6 Å². The number of hydrogen-bond acceptors (Lipinski definition) is 4. The lowest BCUT2D eigenvalue weighted by atomic mass is 10.4. The molecule has 0 amide bonds. The maximum atomic E-state index is 9.40. The van der Waals surface area contributed by atoms with Gasteiger partial charge in [-0.25, -0.2) is 0 Å². The Balaban J connectivity index is 2.33. The minimum Gasteiger partial charge on any atom is -0.494 e. The highest BCUT2D eigenvalue weighted by Crippen LogP contribution is 2.18. The Hall–Kier alpha value is -1.07. The molecule has 2 aromatic rings. The van der Waals surface area contributed by atoms with Gasteiger partial charge < -0.3 is 9.52 Å². The molecule has 13 heavy (non-hydrogen) atoms. The number of aromatic hydroxyl groups is 1. The van der Waals surface area contributed by atoms with E-state index in [1.54, 1.807) is 16.2 Å². The average Bonchev–Trinajstić information content (AvgIpc) is 2.70. The van der Waals surface area contributed by atoms with Crippen LogP contribution in [0.1, 0.15) is 5.76 Å². The first-order chi connectivity index (χ1) is 6.27. The van der Waals surface area contributed by atoms with E-state index in [9.17, 15) is 5.11 Å². The van der Waals surface area contributed by atoms with Gasteiger partial charge in [0.15, 0.2) is 3.95 Å². The van der Waals surface area contributed by atoms with Gasteiger partial charge in [-0.2, -0.15) is 0 Å². The standard InChI is InChI=1S/C8H7NO2S2/c10-7-5-13-8(12)9(7)4-6-2-1-3-11-6/h1-3,5,10H,4H2. The minimum absolute atomic E-state index is 0.186. The fourth-order valence-electron chi connectivity index (χ4n) is 1.03. The Morgan fingerprint density at radius 1 is 1.62 bits per heavy atom. The molecule has 0 atom stereocenters. The van der Waals surface area contributed by atoms with E-state index in [-0.39, 0.29) is 5.88 Å². The monoisotopic (exact) mass is 213 g/mol. The number of hydrogen-bond donors (Lipinski definition) is 1. The largest absolute Gasteiger partial charge is 0.494 e. The van der Waals surface area contributed by atoms with Crippen LogP contribution in [0.2, 0.25) is 0 Å². The molecule has 0 aliphatic heterocycles. The summed E-state index contributed by atoms with van der Waals surface area (Å²) in [4.78, 5) is 0. The fraction of sp³-hybridized carbons (Fsp3) is 0.125. The van der Waals surface area contributed by atoms with Crippen LogP contribution in [0.4, 0.5) is 0 Å². The summed E-state index contributed by atoms with van der Waals surface area (Å²) in [5, 5.41) is 11.0. The molecule has 1 N–H and O–H groups in total. The summed E-state index contributed by atoms with van der Waals surface area (Å²) < 4.78 is 7.41. The maximum Gasteiger partial charge on any atom is 0.203 e. The average molecular weight is 213 g/mol. The molecule has 0 aliphatic carbocycles. The van der Waals surface area contributed by atoms with E-state index < -0.39 is 0 Å². The lowest BCUT2D eigenvalue weighted by molar-refractivity contribution is 0.407. The Bertz CT molecular complexity index is 441. The summed E-state index contributed by atoms with van der Waals surface area (Å²) in [5.74, 6) is 0.969. The van der Waals surface area contributed by atoms with Crippen molar-refractivity contribution in [1.82, 2.24) is 4.57 Å². The minimum atomic E-state index is 0.186. The predicted octanol–water partition coefficient (Wildman–Crippen LogP) is 2.63. The topological polar surface area (TPSA) is 38.3 Å². The normalized spacial score (nSPS) is 10.5. The summed E-state index contributed by atoms with van der Waals surface area (Å²) in [6.07, 6.45) is 1.60. The second kappa shape index (κ2) is 3.35. The first-order valence-electron chi connectivity index (χ1n) is 3.67. The Kier molecular flexibility index (Phi) is 2.20. The van der Waals surface area contributed by atoms with Crippen molar-refractivity contribution < 1.29 is 9.52 Å². The van der Waals surface area contributed by atoms with Gasteiger partial charge in [0, 0.05) is 0 Å². The number of thiazole rings is 1. The number of aromatic nitrogens is 1. The number of nitrogens with zero attached hydrogens (tertiary/aromatic N) is 1. The van der Waals surface area contributed by atoms with Crippen LogP contribution < -0.4 is 0 Å². The Morgan fingerprint density at radius 3 is 3.00 bits per heavy atom. The molecule has 0 fully saturated rings. The first kappa shape index (κ1) is 8.52. The van der Waals surface area contributed by atoms with Crippen molar-refractivity contribution in [3.8, 4) is 5.88 Å². The lowest BCUT2D eigenvalue weighted by Crippen LogP contribution is -1.96. The summed E-state index contributed by atoms with van der Waals surface area (Å²) in [7, 11) is 0. The molecule has 2 aromatic heterocycles. The molecule has 0 aromatic carbocycles. The van der Waals surface area contributed by atoms with E-state index in [0.29, 0.717) is 10.5 Å². The second-order valence-corrected chi connectivity index (χ2v) is 4.03. The number of rotatable bonds is 2. The zero-order chi connectivity index (χ0) is 9.26. The highest BCUT2D eigenvalue weighted by atomic mass is 32.1. The van der Waals surface area contributed by atoms with Gasteiger partial charge >= 0.3 is 0 Å². The predicted molar refractivity (Wildman–Crippen MR) is 52.6 cm³/mol. The van der Waals surface area contributed by atoms with E-state index >= 15 is 0 Å². The highest BCUT2D eigenvalue weighted by Gasteiger charge is 2.04. The van der Waals surface area contributed by atoms with Crippen LogP contribution >= 0.6 is 23.6 Å². The molecule has 3 nitrogen and oxygen atoms in total. The molecule has 2 heterocycles. The molecular weight excluding hydrogens is 206 g/mol. The third-order valence-electron chi connectivity index (χ3n) is 1.66. The molecule has 0 aliphatic rings. The van der Waals surface area contributed by atoms with Gasteiger partial charge in [0.25, 0.3) is 0 Å². The van der Waals surface area contributed by atoms with Crippen molar-refractivity contribution in [2.24, 2.45) is 0 Å². The molecule has 0 radical (unpaired) electrons. The van der Waals surface area contributed by atoms with Crippen molar-refractivity contribution >= 4 is 23.6 Å². The summed E-state index contributed by atoms with van der Waals surface area (Å²) >= 11 is 6.36. The van der Waals surface area contributed by atoms with Gasteiger partial charge in [-0.1, -0.05) is 0 Å². The second-order valence-electron chi connectivity index (χ2n) is 2.53. The van der Waals surface area contributed by atoms with Crippen LogP contribution in [-0.2, 0) is 6.54 Å². The SMILES string of the molecule is Oc1csc(=S)n1Cc1ccco1. The smallest absolute Gasteiger partial charge is 0.203 e. The van der Waals surface area contributed by atoms with Gasteiger partial charge in [-0.05, 0) is 24.4 Å². The molecular formula is C8H7NO2S2. The molecule has 0 saturated heterocycles. The molecule has 0 bridgehead atoms. The van der Waals surface area contributed by atoms with Crippen molar-refractivity contribution in [3.05, 3.63) is 33.5 Å². The summed E-state index contributed by atoms with van der Waals surface area (Å²) in [6, 6.07) is 3.65. The van der Waals surface area contributed by atoms with E-state index in [1.807, 2.05) is 12.1 Å². The molecule has 68 valence electrons. The van der Waals surface area contributed by atoms with Gasteiger partial charge in [0.05, 0.1) is 18.2 Å². The van der Waals surface area contributed by atoms with Crippen LogP contribution in [0.3, 0.4) is 0 Å². The lowest BCUT2D eigenvalue weighted by Gasteiger charge is -2.00. The molecule has 2 rings (SSSR count). The van der Waals surface area contributed by atoms with Gasteiger partial charge in [0.1, 0.15) is 5.76 Å². The summed E-state index contributed by atoms with van der Waals surface area (Å²) in [5.41, 5.74) is 0. The van der Waals surface area contributed by atoms with Crippen LogP contribution in [0.15, 0.2) is 28.2 Å². The molecule has 0 saturated carbocycles. The maximum absolute atomic E-state index is 9.40. The van der Waals surface area contributed by atoms with Crippen molar-refractivity contribution in [2.75, 3.05) is 0 Å². The molecule has 0 unspecified atom stereocenters. The van der Waals surface area contributed by atoms with Crippen molar-refractivity contribution in [1.29, 1.82) is 0 Å². The van der Waals surface area contributed by atoms with Crippen LogP contribution in [0.5, 0.6) is 5.88 Å². The fourth-order valence-corrected chi connectivity index (χ4v) is 1.95. The third-order valence-corrected chi connectivity index (χ3v) is 2.92. The van der Waals surface area contributed by atoms with E-state index in [2.05, 4.69) is 0 Å².